The summed E-state index contributed by atoms with van der Waals surface area (Å²) in [5.74, 6) is -0.0415. The van der Waals surface area contributed by atoms with Crippen molar-refractivity contribution in [2.45, 2.75) is 44.8 Å². The van der Waals surface area contributed by atoms with E-state index in [0.717, 1.165) is 24.0 Å². The topological polar surface area (TPSA) is 117 Å². The van der Waals surface area contributed by atoms with Crippen LogP contribution in [-0.4, -0.2) is 64.2 Å². The molecule has 1 saturated heterocycles. The lowest BCUT2D eigenvalue weighted by Crippen LogP contribution is -2.49. The van der Waals surface area contributed by atoms with Crippen LogP contribution in [0, 0.1) is 0 Å². The van der Waals surface area contributed by atoms with E-state index in [2.05, 4.69) is 16.0 Å². The fourth-order valence-corrected chi connectivity index (χ4v) is 7.22. The normalized spacial score (nSPS) is 16.9. The molecule has 0 aliphatic carbocycles. The van der Waals surface area contributed by atoms with E-state index in [9.17, 15) is 19.0 Å². The summed E-state index contributed by atoms with van der Waals surface area (Å²) < 4.78 is 23.0. The largest absolute Gasteiger partial charge is 0.390 e. The van der Waals surface area contributed by atoms with Gasteiger partial charge in [-0.05, 0) is 80.6 Å². The van der Waals surface area contributed by atoms with E-state index in [1.165, 1.54) is 0 Å². The molecule has 1 fully saturated rings. The number of carbonyl (C=O) groups excluding carboxylic acids is 1. The maximum atomic E-state index is 13.6. The van der Waals surface area contributed by atoms with E-state index < -0.39 is 22.9 Å². The van der Waals surface area contributed by atoms with Crippen molar-refractivity contribution in [3.63, 3.8) is 0 Å². The van der Waals surface area contributed by atoms with Crippen molar-refractivity contribution in [1.29, 1.82) is 0 Å². The lowest BCUT2D eigenvalue weighted by Gasteiger charge is -2.47. The Kier molecular flexibility index (Phi) is 11.8. The third-order valence-electron chi connectivity index (χ3n) is 7.25. The molecule has 11 heteroatoms. The number of aliphatic hydroxyl groups excluding tert-OH is 1. The molecule has 0 spiro atoms. The maximum absolute atomic E-state index is 13.6. The number of nitrogens with one attached hydrogen (secondary N) is 3. The van der Waals surface area contributed by atoms with Crippen molar-refractivity contribution in [3.8, 4) is 0 Å². The second kappa shape index (κ2) is 15.3. The minimum atomic E-state index is -2.96. The minimum Gasteiger partial charge on any atom is -0.390 e. The van der Waals surface area contributed by atoms with E-state index in [4.69, 9.17) is 23.2 Å². The van der Waals surface area contributed by atoms with E-state index >= 15 is 0 Å². The number of carbonyl (C=O) groups is 1. The zero-order chi connectivity index (χ0) is 30.1. The molecule has 1 amide bonds. The van der Waals surface area contributed by atoms with Gasteiger partial charge in [-0.3, -0.25) is 18.2 Å². The number of amides is 1. The second-order valence-corrected chi connectivity index (χ2v) is 13.4. The Morgan fingerprint density at radius 1 is 1.05 bits per heavy atom. The molecule has 6 N–H and O–H groups in total. The molecular weight excluding hydrogens is 595 g/mol. The molecule has 1 aliphatic heterocycles. The van der Waals surface area contributed by atoms with Crippen LogP contribution in [-0.2, 0) is 12.8 Å². The average Bonchev–Trinajstić information content (AvgIpc) is 2.96. The quantitative estimate of drug-likeness (QED) is 0.124. The first-order chi connectivity index (χ1) is 20.2. The van der Waals surface area contributed by atoms with Crippen LogP contribution in [0.25, 0.3) is 0 Å². The van der Waals surface area contributed by atoms with Gasteiger partial charge in [0.2, 0.25) is 0 Å². The lowest BCUT2D eigenvalue weighted by molar-refractivity contribution is 0.0831. The summed E-state index contributed by atoms with van der Waals surface area (Å²) in [6.07, 6.45) is 1.81. The smallest absolute Gasteiger partial charge is 0.251 e. The Labute approximate surface area is 259 Å². The van der Waals surface area contributed by atoms with Crippen molar-refractivity contribution in [2.75, 3.05) is 41.6 Å². The molecule has 2 atom stereocenters. The van der Waals surface area contributed by atoms with Gasteiger partial charge in [-0.25, -0.2) is 0 Å². The third-order valence-corrected chi connectivity index (χ3v) is 9.77. The summed E-state index contributed by atoms with van der Waals surface area (Å²) in [5.41, 5.74) is 3.61. The second-order valence-electron chi connectivity index (χ2n) is 10.5. The predicted molar refractivity (Wildman–Crippen MR) is 175 cm³/mol. The van der Waals surface area contributed by atoms with Crippen LogP contribution in [0.2, 0.25) is 10.0 Å². The van der Waals surface area contributed by atoms with Gasteiger partial charge in [0.25, 0.3) is 5.91 Å². The molecule has 2 unspecified atom stereocenters. The predicted octanol–water partition coefficient (Wildman–Crippen LogP) is 6.23. The van der Waals surface area contributed by atoms with Gasteiger partial charge in [0.05, 0.1) is 23.6 Å². The summed E-state index contributed by atoms with van der Waals surface area (Å²) in [5, 5.41) is 22.0. The Balaban J connectivity index is 1.48. The van der Waals surface area contributed by atoms with Crippen LogP contribution in [0.5, 0.6) is 0 Å². The van der Waals surface area contributed by atoms with Crippen LogP contribution >= 0.6 is 34.0 Å². The summed E-state index contributed by atoms with van der Waals surface area (Å²) in [6, 6.07) is 19.8. The van der Waals surface area contributed by atoms with Gasteiger partial charge in [-0.1, -0.05) is 59.6 Å². The molecule has 1 aliphatic rings. The van der Waals surface area contributed by atoms with Crippen molar-refractivity contribution < 1.29 is 19.0 Å². The van der Waals surface area contributed by atoms with Crippen molar-refractivity contribution in [1.82, 2.24) is 10.6 Å². The Morgan fingerprint density at radius 3 is 2.55 bits per heavy atom. The Hall–Kier alpha value is -2.50. The van der Waals surface area contributed by atoms with E-state index in [-0.39, 0.29) is 12.5 Å². The first-order valence-corrected chi connectivity index (χ1v) is 16.7. The molecular formula is C31H40Cl2N4O4S. The molecule has 42 heavy (non-hydrogen) atoms. The maximum Gasteiger partial charge on any atom is 0.251 e. The van der Waals surface area contributed by atoms with Gasteiger partial charge in [0, 0.05) is 40.9 Å². The highest BCUT2D eigenvalue weighted by atomic mass is 35.5. The van der Waals surface area contributed by atoms with Gasteiger partial charge in [0.15, 0.2) is 0 Å². The zero-order valence-electron chi connectivity index (χ0n) is 23.7. The fourth-order valence-electron chi connectivity index (χ4n) is 5.04. The SMILES string of the molecule is CCNc1cc(C(=O)NC(Cc2ccccc2)C(O)CNCCc2ccc(Cl)cc2Cl)cc(N2CCCCS2(O)O)c1. The Bertz CT molecular complexity index is 1330. The number of nitrogens with zero attached hydrogens (tertiary/aromatic N) is 1. The van der Waals surface area contributed by atoms with Crippen molar-refractivity contribution >= 4 is 51.3 Å². The number of rotatable bonds is 13. The van der Waals surface area contributed by atoms with Crippen LogP contribution in [0.15, 0.2) is 66.7 Å². The number of benzene rings is 3. The lowest BCUT2D eigenvalue weighted by atomic mass is 10.00. The molecule has 3 aromatic carbocycles. The van der Waals surface area contributed by atoms with Crippen LogP contribution in [0.1, 0.15) is 41.3 Å². The van der Waals surface area contributed by atoms with Gasteiger partial charge < -0.3 is 21.1 Å². The molecule has 0 radical (unpaired) electrons. The molecule has 0 saturated carbocycles. The van der Waals surface area contributed by atoms with E-state index in [1.54, 1.807) is 28.6 Å². The molecule has 8 nitrogen and oxygen atoms in total. The van der Waals surface area contributed by atoms with E-state index in [0.29, 0.717) is 65.2 Å². The van der Waals surface area contributed by atoms with Gasteiger partial charge >= 0.3 is 0 Å². The van der Waals surface area contributed by atoms with Gasteiger partial charge in [-0.2, -0.15) is 0 Å². The van der Waals surface area contributed by atoms with Gasteiger partial charge in [-0.15, -0.1) is 10.8 Å². The standard InChI is InChI=1S/C31H40Cl2N4O4S/c1-2-35-26-17-24(18-27(20-26)37-14-6-7-15-42(37,40)41)31(39)36-29(16-22-8-4-3-5-9-22)30(38)21-34-13-12-23-10-11-25(32)19-28(23)33/h3-5,8-11,17-20,29-30,34-35,38,40-41H,2,6-7,12-16,21H2,1H3,(H,36,39). The number of anilines is 2. The number of hydrogen-bond acceptors (Lipinski definition) is 7. The summed E-state index contributed by atoms with van der Waals surface area (Å²) >= 11 is 12.3. The molecule has 228 valence electrons. The van der Waals surface area contributed by atoms with Crippen molar-refractivity contribution in [2.24, 2.45) is 0 Å². The molecule has 0 bridgehead atoms. The minimum absolute atomic E-state index is 0.264. The summed E-state index contributed by atoms with van der Waals surface area (Å²) in [7, 11) is -2.96. The highest BCUT2D eigenvalue weighted by molar-refractivity contribution is 8.25. The number of hydrogen-bond donors (Lipinski definition) is 6. The van der Waals surface area contributed by atoms with E-state index in [1.807, 2.05) is 49.4 Å². The average molecular weight is 636 g/mol. The summed E-state index contributed by atoms with van der Waals surface area (Å²) in [6.45, 7) is 3.95. The highest BCUT2D eigenvalue weighted by Gasteiger charge is 2.28. The van der Waals surface area contributed by atoms with Crippen molar-refractivity contribution in [3.05, 3.63) is 93.5 Å². The number of halogens is 2. The molecule has 4 rings (SSSR count). The number of aliphatic hydroxyl groups is 1. The van der Waals surface area contributed by atoms with Gasteiger partial charge in [0.1, 0.15) is 0 Å². The van der Waals surface area contributed by atoms with Crippen LogP contribution in [0.4, 0.5) is 11.4 Å². The molecule has 3 aromatic rings. The Morgan fingerprint density at radius 2 is 1.83 bits per heavy atom. The molecule has 1 heterocycles. The monoisotopic (exact) mass is 634 g/mol. The highest BCUT2D eigenvalue weighted by Crippen LogP contribution is 2.50. The molecule has 0 aromatic heterocycles. The van der Waals surface area contributed by atoms with Crippen LogP contribution < -0.4 is 20.3 Å². The third kappa shape index (κ3) is 9.00. The first kappa shape index (κ1) is 32.4. The van der Waals surface area contributed by atoms with Crippen LogP contribution in [0.3, 0.4) is 0 Å². The zero-order valence-corrected chi connectivity index (χ0v) is 26.1. The summed E-state index contributed by atoms with van der Waals surface area (Å²) in [4.78, 5) is 13.6. The fraction of sp³-hybridized carbons (Fsp3) is 0.387. The first-order valence-electron chi connectivity index (χ1n) is 14.3.